The third kappa shape index (κ3) is 3.23. The first-order valence-corrected chi connectivity index (χ1v) is 6.54. The molecular formula is C15H18N2O3. The first kappa shape index (κ1) is 14.2. The summed E-state index contributed by atoms with van der Waals surface area (Å²) in [7, 11) is 0. The zero-order chi connectivity index (χ0) is 14.7. The van der Waals surface area contributed by atoms with Crippen molar-refractivity contribution in [2.75, 3.05) is 0 Å². The van der Waals surface area contributed by atoms with Gasteiger partial charge in [-0.1, -0.05) is 36.7 Å². The van der Waals surface area contributed by atoms with Crippen LogP contribution < -0.4 is 0 Å². The largest absolute Gasteiger partial charge is 0.452 e. The smallest absolute Gasteiger partial charge is 0.338 e. The Morgan fingerprint density at radius 1 is 1.35 bits per heavy atom. The van der Waals surface area contributed by atoms with E-state index in [1.165, 1.54) is 0 Å². The van der Waals surface area contributed by atoms with Crippen LogP contribution in [0.15, 0.2) is 22.7 Å². The maximum absolute atomic E-state index is 12.0. The molecule has 0 bridgehead atoms. The fourth-order valence-corrected chi connectivity index (χ4v) is 1.72. The van der Waals surface area contributed by atoms with Crippen molar-refractivity contribution in [2.45, 2.75) is 40.2 Å². The standard InChI is InChI=1S/C15H18N2O3/c1-9(2)14-16-13(20-17-14)8-19-15(18)12-7-10(3)5-6-11(12)4/h5-7,9H,8H2,1-4H3. The van der Waals surface area contributed by atoms with Crippen LogP contribution in [-0.2, 0) is 11.3 Å². The molecule has 0 unspecified atom stereocenters. The fourth-order valence-electron chi connectivity index (χ4n) is 1.72. The molecule has 2 rings (SSSR count). The number of ether oxygens (including phenoxy) is 1. The summed E-state index contributed by atoms with van der Waals surface area (Å²) >= 11 is 0. The number of benzene rings is 1. The summed E-state index contributed by atoms with van der Waals surface area (Å²) in [6.45, 7) is 7.74. The van der Waals surface area contributed by atoms with Crippen LogP contribution in [0, 0.1) is 13.8 Å². The molecule has 0 aliphatic rings. The Kier molecular flexibility index (Phi) is 4.17. The van der Waals surface area contributed by atoms with E-state index in [2.05, 4.69) is 10.1 Å². The third-order valence-corrected chi connectivity index (χ3v) is 2.94. The number of nitrogens with zero attached hydrogens (tertiary/aromatic N) is 2. The van der Waals surface area contributed by atoms with Gasteiger partial charge in [-0.05, 0) is 25.5 Å². The number of hydrogen-bond donors (Lipinski definition) is 0. The first-order valence-electron chi connectivity index (χ1n) is 6.54. The summed E-state index contributed by atoms with van der Waals surface area (Å²) in [4.78, 5) is 16.2. The van der Waals surface area contributed by atoms with Gasteiger partial charge in [0.1, 0.15) is 0 Å². The predicted molar refractivity (Wildman–Crippen MR) is 73.4 cm³/mol. The number of carbonyl (C=O) groups is 1. The summed E-state index contributed by atoms with van der Waals surface area (Å²) in [6.07, 6.45) is 0. The number of carbonyl (C=O) groups excluding carboxylic acids is 1. The molecule has 0 aliphatic heterocycles. The van der Waals surface area contributed by atoms with E-state index in [1.807, 2.05) is 45.9 Å². The van der Waals surface area contributed by atoms with Crippen LogP contribution in [0.4, 0.5) is 0 Å². The van der Waals surface area contributed by atoms with E-state index in [4.69, 9.17) is 9.26 Å². The van der Waals surface area contributed by atoms with Crippen molar-refractivity contribution in [2.24, 2.45) is 0 Å². The molecule has 1 aromatic carbocycles. The lowest BCUT2D eigenvalue weighted by atomic mass is 10.1. The van der Waals surface area contributed by atoms with Gasteiger partial charge in [0.2, 0.25) is 0 Å². The van der Waals surface area contributed by atoms with Gasteiger partial charge >= 0.3 is 5.97 Å². The highest BCUT2D eigenvalue weighted by atomic mass is 16.6. The minimum atomic E-state index is -0.379. The summed E-state index contributed by atoms with van der Waals surface area (Å²) in [5.41, 5.74) is 2.46. The summed E-state index contributed by atoms with van der Waals surface area (Å²) < 4.78 is 10.2. The lowest BCUT2D eigenvalue weighted by Crippen LogP contribution is -2.07. The average molecular weight is 274 g/mol. The molecular weight excluding hydrogens is 256 g/mol. The third-order valence-electron chi connectivity index (χ3n) is 2.94. The number of rotatable bonds is 4. The minimum absolute atomic E-state index is 0.00800. The van der Waals surface area contributed by atoms with Crippen molar-refractivity contribution >= 4 is 5.97 Å². The van der Waals surface area contributed by atoms with Gasteiger partial charge in [-0.2, -0.15) is 4.98 Å². The van der Waals surface area contributed by atoms with Gasteiger partial charge in [0.25, 0.3) is 5.89 Å². The second-order valence-corrected chi connectivity index (χ2v) is 5.10. The highest BCUT2D eigenvalue weighted by Crippen LogP contribution is 2.14. The maximum atomic E-state index is 12.0. The Bertz CT molecular complexity index is 617. The first-order chi connectivity index (χ1) is 9.47. The lowest BCUT2D eigenvalue weighted by molar-refractivity contribution is 0.0429. The van der Waals surface area contributed by atoms with Crippen molar-refractivity contribution in [3.8, 4) is 0 Å². The maximum Gasteiger partial charge on any atom is 0.338 e. The molecule has 0 saturated carbocycles. The number of hydrogen-bond acceptors (Lipinski definition) is 5. The summed E-state index contributed by atoms with van der Waals surface area (Å²) in [6, 6.07) is 5.67. The van der Waals surface area contributed by atoms with E-state index in [-0.39, 0.29) is 18.5 Å². The number of aromatic nitrogens is 2. The molecule has 1 heterocycles. The zero-order valence-corrected chi connectivity index (χ0v) is 12.1. The van der Waals surface area contributed by atoms with Crippen molar-refractivity contribution in [1.29, 1.82) is 0 Å². The van der Waals surface area contributed by atoms with Crippen LogP contribution in [0.25, 0.3) is 0 Å². The van der Waals surface area contributed by atoms with E-state index in [1.54, 1.807) is 0 Å². The van der Waals surface area contributed by atoms with Gasteiger partial charge in [-0.25, -0.2) is 4.79 Å². The van der Waals surface area contributed by atoms with Gasteiger partial charge in [-0.3, -0.25) is 0 Å². The number of esters is 1. The van der Waals surface area contributed by atoms with Gasteiger partial charge < -0.3 is 9.26 Å². The lowest BCUT2D eigenvalue weighted by Gasteiger charge is -2.06. The molecule has 1 aromatic heterocycles. The van der Waals surface area contributed by atoms with Crippen LogP contribution in [0.5, 0.6) is 0 Å². The molecule has 20 heavy (non-hydrogen) atoms. The Morgan fingerprint density at radius 2 is 2.10 bits per heavy atom. The Labute approximate surface area is 118 Å². The quantitative estimate of drug-likeness (QED) is 0.801. The van der Waals surface area contributed by atoms with Crippen LogP contribution in [0.3, 0.4) is 0 Å². The molecule has 5 nitrogen and oxygen atoms in total. The molecule has 0 fully saturated rings. The molecule has 0 N–H and O–H groups in total. The number of aryl methyl sites for hydroxylation is 2. The molecule has 0 atom stereocenters. The van der Waals surface area contributed by atoms with Crippen LogP contribution in [0.1, 0.15) is 53.0 Å². The summed E-state index contributed by atoms with van der Waals surface area (Å²) in [5.74, 6) is 0.729. The molecule has 0 spiro atoms. The van der Waals surface area contributed by atoms with Gasteiger partial charge in [0, 0.05) is 5.92 Å². The molecule has 2 aromatic rings. The van der Waals surface area contributed by atoms with Crippen molar-refractivity contribution < 1.29 is 14.1 Å². The van der Waals surface area contributed by atoms with Crippen molar-refractivity contribution in [1.82, 2.24) is 10.1 Å². The Hall–Kier alpha value is -2.17. The molecule has 106 valence electrons. The molecule has 0 saturated heterocycles. The predicted octanol–water partition coefficient (Wildman–Crippen LogP) is 3.17. The average Bonchev–Trinajstić information content (AvgIpc) is 2.88. The summed E-state index contributed by atoms with van der Waals surface area (Å²) in [5, 5.41) is 3.82. The Balaban J connectivity index is 2.02. The monoisotopic (exact) mass is 274 g/mol. The topological polar surface area (TPSA) is 65.2 Å². The van der Waals surface area contributed by atoms with E-state index in [9.17, 15) is 4.79 Å². The highest BCUT2D eigenvalue weighted by Gasteiger charge is 2.14. The minimum Gasteiger partial charge on any atom is -0.452 e. The van der Waals surface area contributed by atoms with Crippen LogP contribution in [-0.4, -0.2) is 16.1 Å². The van der Waals surface area contributed by atoms with E-state index >= 15 is 0 Å². The van der Waals surface area contributed by atoms with Crippen molar-refractivity contribution in [3.63, 3.8) is 0 Å². The molecule has 0 aliphatic carbocycles. The van der Waals surface area contributed by atoms with Crippen LogP contribution in [0.2, 0.25) is 0 Å². The SMILES string of the molecule is Cc1ccc(C)c(C(=O)OCc2nc(C(C)C)no2)c1. The van der Waals surface area contributed by atoms with E-state index < -0.39 is 0 Å². The second kappa shape index (κ2) is 5.86. The van der Waals surface area contributed by atoms with Crippen molar-refractivity contribution in [3.05, 3.63) is 46.6 Å². The molecule has 0 amide bonds. The van der Waals surface area contributed by atoms with Gasteiger partial charge in [-0.15, -0.1) is 0 Å². The Morgan fingerprint density at radius 3 is 2.75 bits per heavy atom. The fraction of sp³-hybridized carbons (Fsp3) is 0.400. The second-order valence-electron chi connectivity index (χ2n) is 5.10. The van der Waals surface area contributed by atoms with E-state index in [0.717, 1.165) is 11.1 Å². The van der Waals surface area contributed by atoms with Gasteiger partial charge in [0.05, 0.1) is 5.56 Å². The zero-order valence-electron chi connectivity index (χ0n) is 12.1. The molecule has 0 radical (unpaired) electrons. The normalized spacial score (nSPS) is 10.8. The molecule has 5 heteroatoms. The van der Waals surface area contributed by atoms with E-state index in [0.29, 0.717) is 17.3 Å². The highest BCUT2D eigenvalue weighted by molar-refractivity contribution is 5.91. The van der Waals surface area contributed by atoms with Crippen LogP contribution >= 0.6 is 0 Å². The van der Waals surface area contributed by atoms with Gasteiger partial charge in [0.15, 0.2) is 12.4 Å².